The van der Waals surface area contributed by atoms with Crippen molar-refractivity contribution in [2.24, 2.45) is 0 Å². The number of allylic oxidation sites excluding steroid dienone is 5. The molecule has 0 heterocycles. The van der Waals surface area contributed by atoms with E-state index in [0.29, 0.717) is 0 Å². The Hall–Kier alpha value is -0.830. The molecule has 0 amide bonds. The van der Waals surface area contributed by atoms with Gasteiger partial charge in [-0.25, -0.2) is 0 Å². The van der Waals surface area contributed by atoms with E-state index in [1.165, 1.54) is 26.7 Å². The fourth-order valence-electron chi connectivity index (χ4n) is 1.70. The van der Waals surface area contributed by atoms with Crippen molar-refractivity contribution >= 4 is 28.7 Å². The van der Waals surface area contributed by atoms with E-state index in [2.05, 4.69) is 78.1 Å². The van der Waals surface area contributed by atoms with Crippen LogP contribution in [0.4, 0.5) is 0 Å². The van der Waals surface area contributed by atoms with Crippen LogP contribution in [-0.2, 0) is 0 Å². The molecule has 1 heteroatoms. The zero-order chi connectivity index (χ0) is 11.4. The van der Waals surface area contributed by atoms with Crippen molar-refractivity contribution < 1.29 is 0 Å². The summed E-state index contributed by atoms with van der Waals surface area (Å²) in [5.74, 6) is 0. The first kappa shape index (κ1) is 11.6. The van der Waals surface area contributed by atoms with Crippen LogP contribution in [0.3, 0.4) is 0 Å². The molecule has 1 aliphatic rings. The van der Waals surface area contributed by atoms with Crippen molar-refractivity contribution in [2.45, 2.75) is 19.8 Å². The Bertz CT molecular complexity index is 447. The molecule has 1 aromatic carbocycles. The molecule has 0 radical (unpaired) electrons. The van der Waals surface area contributed by atoms with Gasteiger partial charge < -0.3 is 0 Å². The van der Waals surface area contributed by atoms with Crippen molar-refractivity contribution in [3.05, 3.63) is 62.8 Å². The topological polar surface area (TPSA) is 0 Å². The van der Waals surface area contributed by atoms with Crippen LogP contribution in [0.1, 0.15) is 24.0 Å². The molecule has 16 heavy (non-hydrogen) atoms. The summed E-state index contributed by atoms with van der Waals surface area (Å²) < 4.78 is 1.35. The maximum atomic E-state index is 2.43. The number of hydrogen-bond acceptors (Lipinski definition) is 0. The van der Waals surface area contributed by atoms with Crippen LogP contribution in [-0.4, -0.2) is 0 Å². The van der Waals surface area contributed by atoms with Crippen LogP contribution in [0.15, 0.2) is 51.6 Å². The molecule has 2 rings (SSSR count). The van der Waals surface area contributed by atoms with E-state index in [0.717, 1.165) is 6.42 Å². The molecule has 0 spiro atoms. The highest BCUT2D eigenvalue weighted by Gasteiger charge is 2.03. The van der Waals surface area contributed by atoms with Crippen LogP contribution in [0.2, 0.25) is 0 Å². The summed E-state index contributed by atoms with van der Waals surface area (Å²) in [7, 11) is 0. The molecule has 0 nitrogen and oxygen atoms in total. The molecule has 1 aliphatic carbocycles. The monoisotopic (exact) mass is 322 g/mol. The molecule has 0 bridgehead atoms. The predicted molar refractivity (Wildman–Crippen MR) is 79.6 cm³/mol. The number of aryl methyl sites for hydroxylation is 1. The lowest BCUT2D eigenvalue weighted by molar-refractivity contribution is 0.990. The molecule has 1 aromatic rings. The summed E-state index contributed by atoms with van der Waals surface area (Å²) in [6.45, 7) is 2.12. The van der Waals surface area contributed by atoms with Gasteiger partial charge in [-0.1, -0.05) is 48.1 Å². The fourth-order valence-corrected chi connectivity index (χ4v) is 2.51. The summed E-state index contributed by atoms with van der Waals surface area (Å²) in [6, 6.07) is 8.66. The Labute approximate surface area is 111 Å². The number of hydrogen-bond donors (Lipinski definition) is 0. The van der Waals surface area contributed by atoms with Crippen LogP contribution < -0.4 is 0 Å². The van der Waals surface area contributed by atoms with Gasteiger partial charge in [-0.3, -0.25) is 0 Å². The zero-order valence-corrected chi connectivity index (χ0v) is 11.6. The summed E-state index contributed by atoms with van der Waals surface area (Å²) in [5.41, 5.74) is 4.04. The van der Waals surface area contributed by atoms with Crippen LogP contribution in [0.25, 0.3) is 6.08 Å². The molecule has 0 unspecified atom stereocenters. The van der Waals surface area contributed by atoms with Gasteiger partial charge in [-0.05, 0) is 59.6 Å². The predicted octanol–water partition coefficient (Wildman–Crippen LogP) is 5.05. The standard InChI is InChI=1S/C15H15I/c1-12-7-9-13(10-8-12)11-15(16)14-5-3-2-4-6-14/h2-3,5,7-11H,4,6H2,1H3/b15-11-. The van der Waals surface area contributed by atoms with Gasteiger partial charge in [0.15, 0.2) is 0 Å². The second-order valence-electron chi connectivity index (χ2n) is 4.06. The van der Waals surface area contributed by atoms with Crippen molar-refractivity contribution in [3.8, 4) is 0 Å². The minimum Gasteiger partial charge on any atom is -0.0842 e. The molecule has 82 valence electrons. The van der Waals surface area contributed by atoms with Gasteiger partial charge in [0.2, 0.25) is 0 Å². The lowest BCUT2D eigenvalue weighted by Crippen LogP contribution is -1.87. The second kappa shape index (κ2) is 5.48. The van der Waals surface area contributed by atoms with E-state index in [9.17, 15) is 0 Å². The summed E-state index contributed by atoms with van der Waals surface area (Å²) in [5, 5.41) is 0. The Morgan fingerprint density at radius 3 is 2.62 bits per heavy atom. The van der Waals surface area contributed by atoms with Crippen molar-refractivity contribution in [3.63, 3.8) is 0 Å². The highest BCUT2D eigenvalue weighted by Crippen LogP contribution is 2.27. The molecule has 0 saturated carbocycles. The Kier molecular flexibility index (Phi) is 3.99. The average Bonchev–Trinajstić information content (AvgIpc) is 2.33. The fraction of sp³-hybridized carbons (Fsp3) is 0.200. The van der Waals surface area contributed by atoms with Crippen LogP contribution in [0, 0.1) is 6.92 Å². The largest absolute Gasteiger partial charge is 0.0842 e. The Morgan fingerprint density at radius 1 is 1.25 bits per heavy atom. The zero-order valence-electron chi connectivity index (χ0n) is 9.41. The van der Waals surface area contributed by atoms with Gasteiger partial charge in [-0.15, -0.1) is 0 Å². The van der Waals surface area contributed by atoms with E-state index in [-0.39, 0.29) is 0 Å². The van der Waals surface area contributed by atoms with Gasteiger partial charge >= 0.3 is 0 Å². The quantitative estimate of drug-likeness (QED) is 0.669. The Morgan fingerprint density at radius 2 is 2.00 bits per heavy atom. The minimum absolute atomic E-state index is 1.16. The third-order valence-corrected chi connectivity index (χ3v) is 3.70. The highest BCUT2D eigenvalue weighted by molar-refractivity contribution is 14.1. The normalized spacial score (nSPS) is 16.1. The molecular formula is C15H15I. The third-order valence-electron chi connectivity index (χ3n) is 2.69. The number of halogens is 1. The molecule has 0 aliphatic heterocycles. The van der Waals surface area contributed by atoms with Gasteiger partial charge in [0, 0.05) is 3.58 Å². The first-order valence-corrected chi connectivity index (χ1v) is 6.63. The van der Waals surface area contributed by atoms with E-state index >= 15 is 0 Å². The van der Waals surface area contributed by atoms with E-state index < -0.39 is 0 Å². The van der Waals surface area contributed by atoms with Crippen LogP contribution >= 0.6 is 22.6 Å². The second-order valence-corrected chi connectivity index (χ2v) is 5.22. The average molecular weight is 322 g/mol. The lowest BCUT2D eigenvalue weighted by atomic mass is 10.0. The molecule has 0 atom stereocenters. The van der Waals surface area contributed by atoms with Crippen molar-refractivity contribution in [1.29, 1.82) is 0 Å². The van der Waals surface area contributed by atoms with E-state index in [1.54, 1.807) is 0 Å². The maximum absolute atomic E-state index is 2.43. The summed E-state index contributed by atoms with van der Waals surface area (Å²) >= 11 is 2.43. The Balaban J connectivity index is 2.20. The van der Waals surface area contributed by atoms with Crippen LogP contribution in [0.5, 0.6) is 0 Å². The van der Waals surface area contributed by atoms with Gasteiger partial charge in [0.25, 0.3) is 0 Å². The number of benzene rings is 1. The molecular weight excluding hydrogens is 307 g/mol. The molecule has 0 aromatic heterocycles. The van der Waals surface area contributed by atoms with Crippen molar-refractivity contribution in [2.75, 3.05) is 0 Å². The first-order chi connectivity index (χ1) is 7.75. The van der Waals surface area contributed by atoms with Crippen molar-refractivity contribution in [1.82, 2.24) is 0 Å². The molecule has 0 saturated heterocycles. The van der Waals surface area contributed by atoms with E-state index in [1.807, 2.05) is 0 Å². The summed E-state index contributed by atoms with van der Waals surface area (Å²) in [4.78, 5) is 0. The van der Waals surface area contributed by atoms with E-state index in [4.69, 9.17) is 0 Å². The lowest BCUT2D eigenvalue weighted by Gasteiger charge is -2.08. The smallest absolute Gasteiger partial charge is 0.0168 e. The maximum Gasteiger partial charge on any atom is 0.0168 e. The van der Waals surface area contributed by atoms with Gasteiger partial charge in [0.1, 0.15) is 0 Å². The molecule has 0 N–H and O–H groups in total. The first-order valence-electron chi connectivity index (χ1n) is 5.55. The SMILES string of the molecule is Cc1ccc(/C=C(\I)C2=CC=CCC2)cc1. The van der Waals surface area contributed by atoms with Gasteiger partial charge in [-0.2, -0.15) is 0 Å². The highest BCUT2D eigenvalue weighted by atomic mass is 127. The number of rotatable bonds is 2. The summed E-state index contributed by atoms with van der Waals surface area (Å²) in [6.07, 6.45) is 11.2. The third kappa shape index (κ3) is 3.08. The molecule has 0 fully saturated rings. The van der Waals surface area contributed by atoms with Gasteiger partial charge in [0.05, 0.1) is 0 Å². The minimum atomic E-state index is 1.16.